The molecule has 21 heavy (non-hydrogen) atoms. The maximum Gasteiger partial charge on any atom is -0.0105 e. The van der Waals surface area contributed by atoms with Crippen LogP contribution in [0.2, 0.25) is 0 Å². The summed E-state index contributed by atoms with van der Waals surface area (Å²) in [7, 11) is 0. The van der Waals surface area contributed by atoms with Gasteiger partial charge in [0.25, 0.3) is 0 Å². The van der Waals surface area contributed by atoms with Crippen LogP contribution in [-0.4, -0.2) is 0 Å². The van der Waals surface area contributed by atoms with Gasteiger partial charge in [0.2, 0.25) is 0 Å². The van der Waals surface area contributed by atoms with Gasteiger partial charge in [-0.05, 0) is 60.6 Å². The van der Waals surface area contributed by atoms with Crippen molar-refractivity contribution >= 4 is 30.4 Å². The van der Waals surface area contributed by atoms with Crippen LogP contribution in [0.5, 0.6) is 0 Å². The number of benzene rings is 1. The summed E-state index contributed by atoms with van der Waals surface area (Å²) in [5, 5.41) is 0. The Morgan fingerprint density at radius 1 is 0.762 bits per heavy atom. The van der Waals surface area contributed by atoms with Crippen molar-refractivity contribution in [2.24, 2.45) is 0 Å². The zero-order valence-corrected chi connectivity index (χ0v) is 13.7. The highest BCUT2D eigenvalue weighted by atomic mass is 14.2. The van der Waals surface area contributed by atoms with Crippen LogP contribution in [0.25, 0.3) is 30.4 Å². The topological polar surface area (TPSA) is 0 Å². The Hall–Kier alpha value is -2.08. The monoisotopic (exact) mass is 278 g/mol. The fourth-order valence-electron chi connectivity index (χ4n) is 2.60. The maximum atomic E-state index is 4.00. The first-order valence-electron chi connectivity index (χ1n) is 7.53. The summed E-state index contributed by atoms with van der Waals surface area (Å²) in [6.45, 7) is 16.4. The third-order valence-electron chi connectivity index (χ3n) is 3.56. The normalized spacial score (nSPS) is 11.8. The van der Waals surface area contributed by atoms with Gasteiger partial charge in [-0.2, -0.15) is 0 Å². The lowest BCUT2D eigenvalue weighted by atomic mass is 9.86. The van der Waals surface area contributed by atoms with E-state index in [9.17, 15) is 0 Å². The van der Waals surface area contributed by atoms with Crippen LogP contribution in [0.4, 0.5) is 0 Å². The summed E-state index contributed by atoms with van der Waals surface area (Å²) in [6.07, 6.45) is 17.8. The molecule has 0 aliphatic carbocycles. The van der Waals surface area contributed by atoms with Gasteiger partial charge in [-0.15, -0.1) is 0 Å². The van der Waals surface area contributed by atoms with Crippen LogP contribution in [0.3, 0.4) is 0 Å². The molecule has 0 radical (unpaired) electrons. The van der Waals surface area contributed by atoms with Gasteiger partial charge in [0.15, 0.2) is 0 Å². The molecule has 0 N–H and O–H groups in total. The lowest BCUT2D eigenvalue weighted by molar-refractivity contribution is 1.23. The summed E-state index contributed by atoms with van der Waals surface area (Å²) in [4.78, 5) is 0. The van der Waals surface area contributed by atoms with E-state index in [0.717, 1.165) is 17.5 Å². The number of rotatable bonds is 6. The molecular formula is C21H26. The molecule has 0 aromatic heterocycles. The van der Waals surface area contributed by atoms with Crippen LogP contribution < -0.4 is 0 Å². The molecule has 0 aliphatic heterocycles. The molecule has 0 bridgehead atoms. The van der Waals surface area contributed by atoms with Crippen molar-refractivity contribution in [2.75, 3.05) is 0 Å². The average Bonchev–Trinajstić information content (AvgIpc) is 2.49. The van der Waals surface area contributed by atoms with Gasteiger partial charge in [0.05, 0.1) is 0 Å². The van der Waals surface area contributed by atoms with E-state index in [-0.39, 0.29) is 0 Å². The van der Waals surface area contributed by atoms with Crippen molar-refractivity contribution in [3.8, 4) is 0 Å². The molecule has 0 fully saturated rings. The van der Waals surface area contributed by atoms with Crippen molar-refractivity contribution < 1.29 is 0 Å². The van der Waals surface area contributed by atoms with E-state index >= 15 is 0 Å². The van der Waals surface area contributed by atoms with Gasteiger partial charge in [-0.25, -0.2) is 0 Å². The first-order chi connectivity index (χ1) is 10.2. The molecule has 0 nitrogen and oxygen atoms in total. The van der Waals surface area contributed by atoms with Crippen molar-refractivity contribution in [1.82, 2.24) is 0 Å². The van der Waals surface area contributed by atoms with Crippen molar-refractivity contribution in [2.45, 2.75) is 34.1 Å². The van der Waals surface area contributed by atoms with Crippen molar-refractivity contribution in [1.29, 1.82) is 0 Å². The Bertz CT molecular complexity index is 608. The first-order valence-corrected chi connectivity index (χ1v) is 7.53. The second kappa shape index (κ2) is 8.26. The van der Waals surface area contributed by atoms with E-state index in [1.165, 1.54) is 22.3 Å². The van der Waals surface area contributed by atoms with Crippen LogP contribution in [0, 0.1) is 6.92 Å². The Morgan fingerprint density at radius 3 is 1.71 bits per heavy atom. The smallest absolute Gasteiger partial charge is 0.0105 e. The van der Waals surface area contributed by atoms with E-state index in [0.29, 0.717) is 0 Å². The molecular weight excluding hydrogens is 252 g/mol. The van der Waals surface area contributed by atoms with Gasteiger partial charge < -0.3 is 0 Å². The van der Waals surface area contributed by atoms with E-state index in [2.05, 4.69) is 63.5 Å². The zero-order valence-electron chi connectivity index (χ0n) is 13.7. The van der Waals surface area contributed by atoms with Crippen LogP contribution in [0.15, 0.2) is 31.4 Å². The highest BCUT2D eigenvalue weighted by Gasteiger charge is 2.14. The molecule has 1 aromatic carbocycles. The lowest BCUT2D eigenvalue weighted by Crippen LogP contribution is -2.00. The predicted molar refractivity (Wildman–Crippen MR) is 100 cm³/mol. The van der Waals surface area contributed by atoms with Crippen molar-refractivity contribution in [3.63, 3.8) is 0 Å². The minimum Gasteiger partial charge on any atom is -0.0984 e. The SMILES string of the molecule is C=Cc1c(C=C)c(/C=C\C)c(/C=C\CC)c(C)c1/C=C\C. The summed E-state index contributed by atoms with van der Waals surface area (Å²) in [5.74, 6) is 0. The molecule has 110 valence electrons. The zero-order chi connectivity index (χ0) is 15.8. The van der Waals surface area contributed by atoms with Gasteiger partial charge in [0.1, 0.15) is 0 Å². The van der Waals surface area contributed by atoms with Crippen LogP contribution in [-0.2, 0) is 0 Å². The Labute approximate surface area is 129 Å². The van der Waals surface area contributed by atoms with Gasteiger partial charge in [0, 0.05) is 0 Å². The van der Waals surface area contributed by atoms with Gasteiger partial charge in [-0.3, -0.25) is 0 Å². The van der Waals surface area contributed by atoms with E-state index in [1.54, 1.807) is 0 Å². The maximum absolute atomic E-state index is 4.00. The summed E-state index contributed by atoms with van der Waals surface area (Å²) in [5.41, 5.74) is 7.30. The molecule has 0 aliphatic rings. The molecule has 0 saturated carbocycles. The second-order valence-electron chi connectivity index (χ2n) is 4.91. The number of hydrogen-bond acceptors (Lipinski definition) is 0. The second-order valence-corrected chi connectivity index (χ2v) is 4.91. The summed E-state index contributed by atoms with van der Waals surface area (Å²) < 4.78 is 0. The Balaban J connectivity index is 3.92. The van der Waals surface area contributed by atoms with E-state index in [1.807, 2.05) is 26.0 Å². The molecule has 0 saturated heterocycles. The third kappa shape index (κ3) is 3.52. The van der Waals surface area contributed by atoms with Crippen molar-refractivity contribution in [3.05, 3.63) is 64.8 Å². The minimum absolute atomic E-state index is 1.03. The van der Waals surface area contributed by atoms with Gasteiger partial charge >= 0.3 is 0 Å². The molecule has 0 heteroatoms. The molecule has 1 aromatic rings. The highest BCUT2D eigenvalue weighted by molar-refractivity contribution is 5.86. The minimum atomic E-state index is 1.03. The fraction of sp³-hybridized carbons (Fsp3) is 0.238. The Kier molecular flexibility index (Phi) is 6.68. The quantitative estimate of drug-likeness (QED) is 0.538. The molecule has 0 amide bonds. The fourth-order valence-corrected chi connectivity index (χ4v) is 2.60. The van der Waals surface area contributed by atoms with E-state index in [4.69, 9.17) is 0 Å². The van der Waals surface area contributed by atoms with Crippen LogP contribution in [0.1, 0.15) is 60.6 Å². The lowest BCUT2D eigenvalue weighted by Gasteiger charge is -2.18. The third-order valence-corrected chi connectivity index (χ3v) is 3.56. The predicted octanol–water partition coefficient (Wildman–Crippen LogP) is 6.77. The van der Waals surface area contributed by atoms with Gasteiger partial charge in [-0.1, -0.05) is 68.7 Å². The summed E-state index contributed by atoms with van der Waals surface area (Å²) >= 11 is 0. The molecule has 0 unspecified atom stereocenters. The molecule has 1 rings (SSSR count). The Morgan fingerprint density at radius 2 is 1.24 bits per heavy atom. The first kappa shape index (κ1) is 17.0. The number of allylic oxidation sites excluding steroid dienone is 3. The highest BCUT2D eigenvalue weighted by Crippen LogP contribution is 2.33. The molecule has 0 atom stereocenters. The van der Waals surface area contributed by atoms with Crippen LogP contribution >= 0.6 is 0 Å². The molecule has 0 spiro atoms. The standard InChI is InChI=1S/C21H26/c1-7-12-15-20-16(6)19(13-8-2)17(10-4)18(11-5)21(20)14-9-3/h8-15H,4-5,7H2,1-3,6H3/b13-8-,14-9-,15-12-. The number of hydrogen-bond donors (Lipinski definition) is 0. The van der Waals surface area contributed by atoms with E-state index < -0.39 is 0 Å². The average molecular weight is 278 g/mol. The largest absolute Gasteiger partial charge is 0.0984 e. The summed E-state index contributed by atoms with van der Waals surface area (Å²) in [6, 6.07) is 0. The molecule has 0 heterocycles.